The first-order valence-corrected chi connectivity index (χ1v) is 13.3. The van der Waals surface area contributed by atoms with Gasteiger partial charge in [-0.2, -0.15) is 9.97 Å². The van der Waals surface area contributed by atoms with Gasteiger partial charge in [-0.15, -0.1) is 0 Å². The van der Waals surface area contributed by atoms with Crippen LogP contribution in [0.4, 0.5) is 11.4 Å². The molecule has 0 aliphatic rings. The molecule has 0 aliphatic heterocycles. The molecule has 0 fully saturated rings. The van der Waals surface area contributed by atoms with E-state index in [9.17, 15) is 4.79 Å². The number of hydrogen-bond donors (Lipinski definition) is 2. The van der Waals surface area contributed by atoms with Crippen molar-refractivity contribution in [2.45, 2.75) is 55.4 Å². The van der Waals surface area contributed by atoms with Crippen molar-refractivity contribution in [1.82, 2.24) is 15.4 Å². The maximum atomic E-state index is 13.0. The number of carbonyl (C=O) groups excluding carboxylic acids is 1. The van der Waals surface area contributed by atoms with Crippen molar-refractivity contribution in [2.24, 2.45) is 10.4 Å². The maximum absolute atomic E-state index is 13.0. The number of para-hydroxylation sites is 1. The van der Waals surface area contributed by atoms with Gasteiger partial charge in [0.25, 0.3) is 5.91 Å². The Labute approximate surface area is 238 Å². The molecule has 0 atom stereocenters. The number of aliphatic imine (C=N–C) groups is 1. The topological polar surface area (TPSA) is 116 Å². The second-order valence-electron chi connectivity index (χ2n) is 8.98. The predicted molar refractivity (Wildman–Crippen MR) is 160 cm³/mol. The first-order valence-electron chi connectivity index (χ1n) is 13.3. The van der Waals surface area contributed by atoms with Crippen LogP contribution in [0.15, 0.2) is 59.6 Å². The van der Waals surface area contributed by atoms with Gasteiger partial charge in [-0.1, -0.05) is 60.6 Å². The number of rotatable bonds is 9. The van der Waals surface area contributed by atoms with Crippen molar-refractivity contribution in [2.75, 3.05) is 26.1 Å². The number of nitrogens with one attached hydrogen (secondary N) is 2. The Kier molecular flexibility index (Phi) is 14.7. The number of carbonyl (C=O) groups is 1. The van der Waals surface area contributed by atoms with Crippen LogP contribution >= 0.6 is 0 Å². The van der Waals surface area contributed by atoms with Crippen molar-refractivity contribution in [3.8, 4) is 23.5 Å². The van der Waals surface area contributed by atoms with Gasteiger partial charge in [0.15, 0.2) is 0 Å². The number of anilines is 1. The number of amidine groups is 1. The quantitative estimate of drug-likeness (QED) is 0.162. The van der Waals surface area contributed by atoms with E-state index in [1.165, 1.54) is 20.3 Å². The van der Waals surface area contributed by atoms with Crippen LogP contribution in [0.5, 0.6) is 23.5 Å². The molecular formula is C30H43N5O5. The maximum Gasteiger partial charge on any atom is 0.328 e. The predicted octanol–water partition coefficient (Wildman–Crippen LogP) is 7.21. The van der Waals surface area contributed by atoms with Crippen molar-refractivity contribution < 1.29 is 23.8 Å². The lowest BCUT2D eigenvalue weighted by atomic mass is 9.99. The lowest BCUT2D eigenvalue weighted by Crippen LogP contribution is -2.26. The van der Waals surface area contributed by atoms with Crippen LogP contribution in [0, 0.1) is 5.41 Å². The van der Waals surface area contributed by atoms with Crippen molar-refractivity contribution in [1.29, 1.82) is 0 Å². The van der Waals surface area contributed by atoms with Gasteiger partial charge in [0, 0.05) is 5.69 Å². The summed E-state index contributed by atoms with van der Waals surface area (Å²) in [6.45, 7) is 16.6. The molecule has 0 spiro atoms. The van der Waals surface area contributed by atoms with Crippen molar-refractivity contribution in [3.05, 3.63) is 60.2 Å². The second-order valence-corrected chi connectivity index (χ2v) is 8.98. The molecule has 0 radical (unpaired) electrons. The zero-order valence-corrected chi connectivity index (χ0v) is 25.3. The van der Waals surface area contributed by atoms with Crippen LogP contribution in [0.25, 0.3) is 0 Å². The van der Waals surface area contributed by atoms with Gasteiger partial charge >= 0.3 is 6.01 Å². The highest BCUT2D eigenvalue weighted by atomic mass is 16.6. The van der Waals surface area contributed by atoms with Gasteiger partial charge in [-0.25, -0.2) is 4.99 Å². The Morgan fingerprint density at radius 1 is 0.900 bits per heavy atom. The van der Waals surface area contributed by atoms with Gasteiger partial charge in [0.2, 0.25) is 11.8 Å². The highest BCUT2D eigenvalue weighted by molar-refractivity contribution is 6.06. The van der Waals surface area contributed by atoms with Crippen LogP contribution < -0.4 is 25.0 Å². The monoisotopic (exact) mass is 553 g/mol. The fourth-order valence-electron chi connectivity index (χ4n) is 2.87. The summed E-state index contributed by atoms with van der Waals surface area (Å²) < 4.78 is 16.1. The SMILES string of the molecule is CC.CC.COc1cc(OC)nc(Oc2ccccc2C(=O)Nc2ccc(N=C(C)NOCC(C)(C)C)cc2)n1. The molecule has 0 saturated heterocycles. The van der Waals surface area contributed by atoms with Crippen LogP contribution in [0.1, 0.15) is 65.7 Å². The number of nitrogens with zero attached hydrogens (tertiary/aromatic N) is 3. The van der Waals surface area contributed by atoms with Gasteiger partial charge in [-0.05, 0) is 48.7 Å². The van der Waals surface area contributed by atoms with E-state index in [2.05, 4.69) is 46.5 Å². The van der Waals surface area contributed by atoms with E-state index < -0.39 is 0 Å². The lowest BCUT2D eigenvalue weighted by Gasteiger charge is -2.18. The Bertz CT molecular complexity index is 1190. The molecule has 0 saturated carbocycles. The summed E-state index contributed by atoms with van der Waals surface area (Å²) in [5, 5.41) is 2.86. The zero-order chi connectivity index (χ0) is 30.1. The van der Waals surface area contributed by atoms with Gasteiger partial charge < -0.3 is 19.5 Å². The molecule has 218 valence electrons. The molecule has 0 bridgehead atoms. The van der Waals surface area contributed by atoms with Gasteiger partial charge in [0.1, 0.15) is 11.6 Å². The van der Waals surface area contributed by atoms with Crippen LogP contribution in [-0.2, 0) is 4.84 Å². The van der Waals surface area contributed by atoms with E-state index in [1.54, 1.807) is 48.5 Å². The molecule has 10 nitrogen and oxygen atoms in total. The molecule has 1 aromatic heterocycles. The molecule has 10 heteroatoms. The number of aromatic nitrogens is 2. The summed E-state index contributed by atoms with van der Waals surface area (Å²) in [4.78, 5) is 31.2. The zero-order valence-electron chi connectivity index (χ0n) is 25.3. The minimum Gasteiger partial charge on any atom is -0.481 e. The molecule has 1 amide bonds. The number of methoxy groups -OCH3 is 2. The summed E-state index contributed by atoms with van der Waals surface area (Å²) in [5.41, 5.74) is 4.50. The summed E-state index contributed by atoms with van der Waals surface area (Å²) in [5.74, 6) is 1.09. The Hall–Kier alpha value is -4.18. The first-order chi connectivity index (χ1) is 19.2. The molecule has 1 heterocycles. The summed E-state index contributed by atoms with van der Waals surface area (Å²) in [6, 6.07) is 15.4. The van der Waals surface area contributed by atoms with E-state index in [0.717, 1.165) is 0 Å². The van der Waals surface area contributed by atoms with Crippen molar-refractivity contribution in [3.63, 3.8) is 0 Å². The minimum absolute atomic E-state index is 0.0101. The molecule has 2 N–H and O–H groups in total. The van der Waals surface area contributed by atoms with Crippen molar-refractivity contribution >= 4 is 23.1 Å². The van der Waals surface area contributed by atoms with E-state index in [0.29, 0.717) is 29.4 Å². The summed E-state index contributed by atoms with van der Waals surface area (Å²) in [6.07, 6.45) is 0. The Morgan fingerprint density at radius 3 is 2.02 bits per heavy atom. The third-order valence-electron chi connectivity index (χ3n) is 4.56. The third kappa shape index (κ3) is 11.7. The van der Waals surface area contributed by atoms with E-state index in [4.69, 9.17) is 19.0 Å². The first kappa shape index (κ1) is 33.8. The smallest absolute Gasteiger partial charge is 0.328 e. The number of hydrogen-bond acceptors (Lipinski definition) is 8. The second kappa shape index (κ2) is 17.4. The third-order valence-corrected chi connectivity index (χ3v) is 4.56. The lowest BCUT2D eigenvalue weighted by molar-refractivity contribution is 0.0312. The highest BCUT2D eigenvalue weighted by Gasteiger charge is 2.16. The summed E-state index contributed by atoms with van der Waals surface area (Å²) >= 11 is 0. The molecule has 2 aromatic carbocycles. The number of ether oxygens (including phenoxy) is 3. The summed E-state index contributed by atoms with van der Waals surface area (Å²) in [7, 11) is 2.95. The normalized spacial score (nSPS) is 10.7. The molecule has 0 aliphatic carbocycles. The average molecular weight is 554 g/mol. The van der Waals surface area contributed by atoms with Crippen LogP contribution in [0.2, 0.25) is 0 Å². The standard InChI is InChI=1S/C26H31N5O5.2C2H6/c1-17(31-35-16-26(2,3)4)27-18-11-13-19(14-12-18)28-24(32)20-9-7-8-10-21(20)36-25-29-22(33-5)15-23(30-25)34-6;2*1-2/h7-15H,16H2,1-6H3,(H,27,31)(H,28,32);2*1-2H3. The Morgan fingerprint density at radius 2 is 1.48 bits per heavy atom. The van der Waals surface area contributed by atoms with E-state index >= 15 is 0 Å². The molecular weight excluding hydrogens is 510 g/mol. The highest BCUT2D eigenvalue weighted by Crippen LogP contribution is 2.27. The van der Waals surface area contributed by atoms with Gasteiger partial charge in [-0.3, -0.25) is 15.1 Å². The van der Waals surface area contributed by atoms with Gasteiger partial charge in [0.05, 0.1) is 38.1 Å². The largest absolute Gasteiger partial charge is 0.481 e. The fourth-order valence-corrected chi connectivity index (χ4v) is 2.87. The molecule has 40 heavy (non-hydrogen) atoms. The van der Waals surface area contributed by atoms with Crippen LogP contribution in [0.3, 0.4) is 0 Å². The number of amides is 1. The van der Waals surface area contributed by atoms with E-state index in [1.807, 2.05) is 34.6 Å². The fraction of sp³-hybridized carbons (Fsp3) is 0.400. The Balaban J connectivity index is 0.00000191. The molecule has 3 rings (SSSR count). The average Bonchev–Trinajstić information content (AvgIpc) is 2.95. The minimum atomic E-state index is -0.356. The van der Waals surface area contributed by atoms with Crippen LogP contribution in [-0.4, -0.2) is 42.5 Å². The molecule has 0 unspecified atom stereocenters. The number of benzene rings is 2. The van der Waals surface area contributed by atoms with E-state index in [-0.39, 0.29) is 34.8 Å². The number of hydroxylamine groups is 1. The molecule has 3 aromatic rings.